The minimum Gasteiger partial charge on any atom is -0.460 e. The van der Waals surface area contributed by atoms with Crippen LogP contribution in [0.1, 0.15) is 35.3 Å². The molecule has 9 nitrogen and oxygen atoms in total. The van der Waals surface area contributed by atoms with Gasteiger partial charge in [-0.2, -0.15) is 4.98 Å². The summed E-state index contributed by atoms with van der Waals surface area (Å²) in [5.41, 5.74) is 3.86. The number of hydrogen-bond acceptors (Lipinski definition) is 6. The molecule has 0 spiro atoms. The number of carbonyl (C=O) groups is 1. The van der Waals surface area contributed by atoms with E-state index in [4.69, 9.17) is 4.74 Å². The Hall–Kier alpha value is -4.53. The Labute approximate surface area is 202 Å². The van der Waals surface area contributed by atoms with E-state index in [0.717, 1.165) is 16.8 Å². The van der Waals surface area contributed by atoms with Crippen LogP contribution in [0.4, 0.5) is 11.4 Å². The second-order valence-electron chi connectivity index (χ2n) is 8.37. The molecule has 0 unspecified atom stereocenters. The van der Waals surface area contributed by atoms with E-state index in [0.29, 0.717) is 17.1 Å². The molecule has 1 heterocycles. The zero-order chi connectivity index (χ0) is 25.1. The molecule has 0 aliphatic heterocycles. The first-order valence-corrected chi connectivity index (χ1v) is 11.1. The van der Waals surface area contributed by atoms with Gasteiger partial charge in [0.2, 0.25) is 0 Å². The SMILES string of the molecule is Cc1ccccc1-c1nc(OC(C)C)nn1-c1ccc(NC(=O)c2ccc(C)c([N+](=O)[O-])c2)cc1. The molecule has 1 aromatic heterocycles. The lowest BCUT2D eigenvalue weighted by Crippen LogP contribution is -2.12. The molecular formula is C26H25N5O4. The Kier molecular flexibility index (Phi) is 6.59. The fraction of sp³-hybridized carbons (Fsp3) is 0.192. The molecule has 178 valence electrons. The Morgan fingerprint density at radius 1 is 1.03 bits per heavy atom. The maximum absolute atomic E-state index is 12.7. The van der Waals surface area contributed by atoms with Crippen molar-refractivity contribution < 1.29 is 14.5 Å². The highest BCUT2D eigenvalue weighted by Crippen LogP contribution is 2.27. The molecule has 0 atom stereocenters. The number of hydrogen-bond donors (Lipinski definition) is 1. The van der Waals surface area contributed by atoms with E-state index in [2.05, 4.69) is 15.4 Å². The lowest BCUT2D eigenvalue weighted by molar-refractivity contribution is -0.385. The number of nitrogens with zero attached hydrogens (tertiary/aromatic N) is 4. The lowest BCUT2D eigenvalue weighted by atomic mass is 10.1. The summed E-state index contributed by atoms with van der Waals surface area (Å²) in [5, 5.41) is 18.5. The number of ether oxygens (including phenoxy) is 1. The standard InChI is InChI=1S/C26H25N5O4/c1-16(2)35-26-28-24(22-8-6-5-7-17(22)3)30(29-26)21-13-11-20(12-14-21)27-25(32)19-10-9-18(4)23(15-19)31(33)34/h5-16H,1-4H3,(H,27,32). The predicted molar refractivity (Wildman–Crippen MR) is 133 cm³/mol. The molecule has 0 fully saturated rings. The van der Waals surface area contributed by atoms with Crippen LogP contribution >= 0.6 is 0 Å². The van der Waals surface area contributed by atoms with Gasteiger partial charge in [-0.1, -0.05) is 30.3 Å². The zero-order valence-corrected chi connectivity index (χ0v) is 19.9. The first-order chi connectivity index (χ1) is 16.7. The van der Waals surface area contributed by atoms with Crippen molar-refractivity contribution in [1.29, 1.82) is 0 Å². The molecule has 3 aromatic carbocycles. The van der Waals surface area contributed by atoms with Crippen molar-refractivity contribution in [3.8, 4) is 23.1 Å². The fourth-order valence-corrected chi connectivity index (χ4v) is 3.57. The molecule has 0 bridgehead atoms. The van der Waals surface area contributed by atoms with Gasteiger partial charge in [-0.25, -0.2) is 4.68 Å². The molecule has 0 saturated heterocycles. The van der Waals surface area contributed by atoms with E-state index in [1.807, 2.05) is 57.2 Å². The number of aromatic nitrogens is 3. The van der Waals surface area contributed by atoms with Crippen molar-refractivity contribution in [1.82, 2.24) is 14.8 Å². The van der Waals surface area contributed by atoms with E-state index in [1.54, 1.807) is 35.9 Å². The second kappa shape index (κ2) is 9.76. The van der Waals surface area contributed by atoms with E-state index in [1.165, 1.54) is 6.07 Å². The average Bonchev–Trinajstić information content (AvgIpc) is 3.22. The van der Waals surface area contributed by atoms with Crippen molar-refractivity contribution in [3.05, 3.63) is 93.5 Å². The van der Waals surface area contributed by atoms with Crippen LogP contribution in [0.25, 0.3) is 17.1 Å². The fourth-order valence-electron chi connectivity index (χ4n) is 3.57. The molecule has 0 saturated carbocycles. The maximum atomic E-state index is 12.7. The molecule has 4 rings (SSSR count). The molecule has 1 amide bonds. The van der Waals surface area contributed by atoms with Gasteiger partial charge in [0, 0.05) is 28.4 Å². The van der Waals surface area contributed by atoms with Crippen molar-refractivity contribution in [2.75, 3.05) is 5.32 Å². The first kappa shape index (κ1) is 23.6. The minimum absolute atomic E-state index is 0.0780. The van der Waals surface area contributed by atoms with E-state index in [-0.39, 0.29) is 23.4 Å². The summed E-state index contributed by atoms with van der Waals surface area (Å²) in [5.74, 6) is 0.206. The number of rotatable bonds is 7. The number of amides is 1. The van der Waals surface area contributed by atoms with Crippen LogP contribution in [0.3, 0.4) is 0 Å². The summed E-state index contributed by atoms with van der Waals surface area (Å²) >= 11 is 0. The van der Waals surface area contributed by atoms with Crippen LogP contribution in [0.15, 0.2) is 66.7 Å². The van der Waals surface area contributed by atoms with Gasteiger partial charge in [0.15, 0.2) is 5.82 Å². The predicted octanol–water partition coefficient (Wildman–Crippen LogP) is 5.50. The van der Waals surface area contributed by atoms with Crippen molar-refractivity contribution >= 4 is 17.3 Å². The highest BCUT2D eigenvalue weighted by molar-refractivity contribution is 6.04. The third-order valence-electron chi connectivity index (χ3n) is 5.35. The topological polar surface area (TPSA) is 112 Å². The largest absolute Gasteiger partial charge is 0.460 e. The molecule has 0 aliphatic carbocycles. The monoisotopic (exact) mass is 471 g/mol. The van der Waals surface area contributed by atoms with Gasteiger partial charge in [-0.3, -0.25) is 14.9 Å². The molecule has 1 N–H and O–H groups in total. The van der Waals surface area contributed by atoms with E-state index >= 15 is 0 Å². The summed E-state index contributed by atoms with van der Waals surface area (Å²) in [6, 6.07) is 19.7. The lowest BCUT2D eigenvalue weighted by Gasteiger charge is -2.10. The van der Waals surface area contributed by atoms with Gasteiger partial charge in [0.25, 0.3) is 11.6 Å². The summed E-state index contributed by atoms with van der Waals surface area (Å²) in [4.78, 5) is 28.0. The molecule has 0 aliphatic rings. The second-order valence-corrected chi connectivity index (χ2v) is 8.37. The first-order valence-electron chi connectivity index (χ1n) is 11.1. The molecular weight excluding hydrogens is 446 g/mol. The van der Waals surface area contributed by atoms with Crippen LogP contribution in [0.2, 0.25) is 0 Å². The van der Waals surface area contributed by atoms with E-state index < -0.39 is 10.8 Å². The highest BCUT2D eigenvalue weighted by atomic mass is 16.6. The Balaban J connectivity index is 1.62. The highest BCUT2D eigenvalue weighted by Gasteiger charge is 2.18. The van der Waals surface area contributed by atoms with E-state index in [9.17, 15) is 14.9 Å². The number of carbonyl (C=O) groups excluding carboxylic acids is 1. The smallest absolute Gasteiger partial charge is 0.336 e. The Morgan fingerprint density at radius 2 is 1.74 bits per heavy atom. The average molecular weight is 472 g/mol. The molecule has 9 heteroatoms. The van der Waals surface area contributed by atoms with Gasteiger partial charge in [0.1, 0.15) is 0 Å². The van der Waals surface area contributed by atoms with Crippen LogP contribution in [-0.2, 0) is 0 Å². The van der Waals surface area contributed by atoms with Crippen LogP contribution in [0.5, 0.6) is 6.01 Å². The zero-order valence-electron chi connectivity index (χ0n) is 19.9. The van der Waals surface area contributed by atoms with Crippen molar-refractivity contribution in [2.45, 2.75) is 33.8 Å². The Morgan fingerprint density at radius 3 is 2.40 bits per heavy atom. The molecule has 0 radical (unpaired) electrons. The third-order valence-corrected chi connectivity index (χ3v) is 5.35. The van der Waals surface area contributed by atoms with Crippen LogP contribution < -0.4 is 10.1 Å². The number of aryl methyl sites for hydroxylation is 2. The van der Waals surface area contributed by atoms with Crippen molar-refractivity contribution in [2.24, 2.45) is 0 Å². The van der Waals surface area contributed by atoms with Gasteiger partial charge in [0.05, 0.1) is 16.7 Å². The van der Waals surface area contributed by atoms with Gasteiger partial charge in [-0.05, 0) is 63.6 Å². The minimum atomic E-state index is -0.498. The summed E-state index contributed by atoms with van der Waals surface area (Å²) in [7, 11) is 0. The summed E-state index contributed by atoms with van der Waals surface area (Å²) in [6.07, 6.45) is -0.0780. The van der Waals surface area contributed by atoms with Gasteiger partial charge in [-0.15, -0.1) is 5.10 Å². The number of anilines is 1. The van der Waals surface area contributed by atoms with Crippen molar-refractivity contribution in [3.63, 3.8) is 0 Å². The number of nitrogens with one attached hydrogen (secondary N) is 1. The van der Waals surface area contributed by atoms with Gasteiger partial charge < -0.3 is 10.1 Å². The Bertz CT molecular complexity index is 1390. The maximum Gasteiger partial charge on any atom is 0.336 e. The number of nitro groups is 1. The molecule has 35 heavy (non-hydrogen) atoms. The molecule has 4 aromatic rings. The van der Waals surface area contributed by atoms with Gasteiger partial charge >= 0.3 is 6.01 Å². The van der Waals surface area contributed by atoms with Crippen LogP contribution in [0, 0.1) is 24.0 Å². The summed E-state index contributed by atoms with van der Waals surface area (Å²) in [6.45, 7) is 7.46. The summed E-state index contributed by atoms with van der Waals surface area (Å²) < 4.78 is 7.43. The third kappa shape index (κ3) is 5.19. The quantitative estimate of drug-likeness (QED) is 0.281. The number of benzene rings is 3. The normalized spacial score (nSPS) is 10.9. The number of nitro benzene ring substituents is 1. The van der Waals surface area contributed by atoms with Crippen LogP contribution in [-0.4, -0.2) is 31.7 Å².